The van der Waals surface area contributed by atoms with Gasteiger partial charge in [-0.1, -0.05) is 0 Å². The lowest BCUT2D eigenvalue weighted by Crippen LogP contribution is -2.49. The lowest BCUT2D eigenvalue weighted by molar-refractivity contribution is -0.134. The molecule has 0 aromatic carbocycles. The zero-order chi connectivity index (χ0) is 12.3. The summed E-state index contributed by atoms with van der Waals surface area (Å²) in [5.41, 5.74) is 0. The van der Waals surface area contributed by atoms with Crippen LogP contribution in [0.25, 0.3) is 6.08 Å². The Balaban J connectivity index is 1.96. The van der Waals surface area contributed by atoms with Crippen LogP contribution in [0.3, 0.4) is 0 Å². The molecule has 0 radical (unpaired) electrons. The van der Waals surface area contributed by atoms with Crippen molar-refractivity contribution in [1.82, 2.24) is 10.2 Å². The number of nitrogens with one attached hydrogen (secondary N) is 1. The summed E-state index contributed by atoms with van der Waals surface area (Å²) in [5.74, 6) is -0.198. The topological polar surface area (TPSA) is 49.4 Å². The fourth-order valence-corrected chi connectivity index (χ4v) is 2.41. The third-order valence-corrected chi connectivity index (χ3v) is 3.47. The van der Waals surface area contributed by atoms with E-state index in [-0.39, 0.29) is 18.4 Å². The van der Waals surface area contributed by atoms with Gasteiger partial charge in [-0.2, -0.15) is 0 Å². The molecule has 0 spiro atoms. The molecule has 1 fully saturated rings. The first-order valence-corrected chi connectivity index (χ1v) is 6.27. The molecule has 0 saturated carbocycles. The molecule has 0 aliphatic carbocycles. The number of amides is 2. The van der Waals surface area contributed by atoms with Crippen molar-refractivity contribution in [1.29, 1.82) is 0 Å². The monoisotopic (exact) mass is 250 g/mol. The molecule has 17 heavy (non-hydrogen) atoms. The summed E-state index contributed by atoms with van der Waals surface area (Å²) in [7, 11) is 0. The van der Waals surface area contributed by atoms with Crippen LogP contribution in [0.1, 0.15) is 9.75 Å². The van der Waals surface area contributed by atoms with E-state index in [2.05, 4.69) is 5.32 Å². The molecule has 1 N–H and O–H groups in total. The van der Waals surface area contributed by atoms with Crippen molar-refractivity contribution in [2.24, 2.45) is 0 Å². The van der Waals surface area contributed by atoms with Crippen LogP contribution >= 0.6 is 11.3 Å². The maximum Gasteiger partial charge on any atom is 0.247 e. The molecule has 5 heteroatoms. The minimum absolute atomic E-state index is 0.0926. The van der Waals surface area contributed by atoms with Gasteiger partial charge in [0.2, 0.25) is 11.8 Å². The van der Waals surface area contributed by atoms with E-state index in [0.717, 1.165) is 4.88 Å². The molecule has 2 rings (SSSR count). The molecular weight excluding hydrogens is 236 g/mol. The standard InChI is InChI=1S/C12H14N2O2S/c1-9-2-3-10(17-9)4-5-12(16)14-7-6-13-11(15)8-14/h2-5H,6-8H2,1H3,(H,13,15)/b5-4+. The van der Waals surface area contributed by atoms with Crippen molar-refractivity contribution in [3.63, 3.8) is 0 Å². The molecule has 1 aromatic rings. The average Bonchev–Trinajstić information content (AvgIpc) is 2.72. The van der Waals surface area contributed by atoms with Crippen LogP contribution in [0.15, 0.2) is 18.2 Å². The van der Waals surface area contributed by atoms with E-state index in [9.17, 15) is 9.59 Å². The molecule has 1 aliphatic rings. The highest BCUT2D eigenvalue weighted by Gasteiger charge is 2.18. The van der Waals surface area contributed by atoms with E-state index >= 15 is 0 Å². The number of piperazine rings is 1. The van der Waals surface area contributed by atoms with Crippen molar-refractivity contribution in [2.75, 3.05) is 19.6 Å². The Hall–Kier alpha value is -1.62. The molecule has 2 heterocycles. The maximum absolute atomic E-state index is 11.8. The van der Waals surface area contributed by atoms with Gasteiger partial charge in [0.05, 0.1) is 6.54 Å². The Morgan fingerprint density at radius 2 is 2.35 bits per heavy atom. The Morgan fingerprint density at radius 3 is 3.00 bits per heavy atom. The Bertz CT molecular complexity index is 465. The van der Waals surface area contributed by atoms with Crippen molar-refractivity contribution in [3.05, 3.63) is 28.0 Å². The van der Waals surface area contributed by atoms with Crippen molar-refractivity contribution >= 4 is 29.2 Å². The first kappa shape index (κ1) is 11.9. The van der Waals surface area contributed by atoms with Gasteiger partial charge >= 0.3 is 0 Å². The molecular formula is C12H14N2O2S. The summed E-state index contributed by atoms with van der Waals surface area (Å²) >= 11 is 1.64. The van der Waals surface area contributed by atoms with Crippen LogP contribution in [-0.4, -0.2) is 36.3 Å². The highest BCUT2D eigenvalue weighted by molar-refractivity contribution is 7.12. The zero-order valence-corrected chi connectivity index (χ0v) is 10.4. The number of aryl methyl sites for hydroxylation is 1. The number of carbonyl (C=O) groups excluding carboxylic acids is 2. The van der Waals surface area contributed by atoms with Crippen molar-refractivity contribution < 1.29 is 9.59 Å². The van der Waals surface area contributed by atoms with Gasteiger partial charge in [-0.15, -0.1) is 11.3 Å². The highest BCUT2D eigenvalue weighted by atomic mass is 32.1. The van der Waals surface area contributed by atoms with Gasteiger partial charge in [-0.05, 0) is 25.1 Å². The van der Waals surface area contributed by atoms with Gasteiger partial charge in [0.25, 0.3) is 0 Å². The summed E-state index contributed by atoms with van der Waals surface area (Å²) < 4.78 is 0. The number of nitrogens with zero attached hydrogens (tertiary/aromatic N) is 1. The highest BCUT2D eigenvalue weighted by Crippen LogP contribution is 2.16. The molecule has 4 nitrogen and oxygen atoms in total. The minimum atomic E-state index is -0.106. The largest absolute Gasteiger partial charge is 0.353 e. The van der Waals surface area contributed by atoms with Crippen LogP contribution in [-0.2, 0) is 9.59 Å². The first-order valence-electron chi connectivity index (χ1n) is 5.45. The van der Waals surface area contributed by atoms with Gasteiger partial charge in [0.1, 0.15) is 0 Å². The third kappa shape index (κ3) is 3.17. The molecule has 0 atom stereocenters. The molecule has 0 bridgehead atoms. The van der Waals surface area contributed by atoms with Gasteiger partial charge in [0.15, 0.2) is 0 Å². The van der Waals surface area contributed by atoms with E-state index in [0.29, 0.717) is 13.1 Å². The maximum atomic E-state index is 11.8. The smallest absolute Gasteiger partial charge is 0.247 e. The summed E-state index contributed by atoms with van der Waals surface area (Å²) in [6, 6.07) is 4.00. The summed E-state index contributed by atoms with van der Waals surface area (Å²) in [6.07, 6.45) is 3.33. The molecule has 1 aromatic heterocycles. The summed E-state index contributed by atoms with van der Waals surface area (Å²) in [6.45, 7) is 3.31. The van der Waals surface area contributed by atoms with E-state index in [1.807, 2.05) is 19.1 Å². The Labute approximate surface area is 104 Å². The molecule has 1 saturated heterocycles. The van der Waals surface area contributed by atoms with E-state index in [4.69, 9.17) is 0 Å². The molecule has 0 unspecified atom stereocenters. The van der Waals surface area contributed by atoms with Crippen LogP contribution in [0.2, 0.25) is 0 Å². The van der Waals surface area contributed by atoms with Crippen molar-refractivity contribution in [2.45, 2.75) is 6.92 Å². The second kappa shape index (κ2) is 5.14. The SMILES string of the molecule is Cc1ccc(/C=C/C(=O)N2CCNC(=O)C2)s1. The normalized spacial score (nSPS) is 16.3. The number of hydrogen-bond donors (Lipinski definition) is 1. The first-order chi connectivity index (χ1) is 8.15. The average molecular weight is 250 g/mol. The lowest BCUT2D eigenvalue weighted by Gasteiger charge is -2.25. The number of carbonyl (C=O) groups is 2. The third-order valence-electron chi connectivity index (χ3n) is 2.50. The minimum Gasteiger partial charge on any atom is -0.353 e. The number of hydrogen-bond acceptors (Lipinski definition) is 3. The van der Waals surface area contributed by atoms with Gasteiger partial charge in [0, 0.05) is 28.9 Å². The summed E-state index contributed by atoms with van der Waals surface area (Å²) in [5, 5.41) is 2.69. The van der Waals surface area contributed by atoms with Gasteiger partial charge < -0.3 is 10.2 Å². The van der Waals surface area contributed by atoms with E-state index in [1.54, 1.807) is 22.3 Å². The second-order valence-corrected chi connectivity index (χ2v) is 5.21. The summed E-state index contributed by atoms with van der Waals surface area (Å²) in [4.78, 5) is 26.7. The zero-order valence-electron chi connectivity index (χ0n) is 9.60. The van der Waals surface area contributed by atoms with Crippen LogP contribution in [0.5, 0.6) is 0 Å². The predicted octanol–water partition coefficient (Wildman–Crippen LogP) is 1.03. The van der Waals surface area contributed by atoms with E-state index in [1.165, 1.54) is 11.0 Å². The van der Waals surface area contributed by atoms with E-state index < -0.39 is 0 Å². The Morgan fingerprint density at radius 1 is 1.53 bits per heavy atom. The number of thiophene rings is 1. The van der Waals surface area contributed by atoms with Crippen LogP contribution in [0, 0.1) is 6.92 Å². The van der Waals surface area contributed by atoms with Crippen LogP contribution in [0.4, 0.5) is 0 Å². The van der Waals surface area contributed by atoms with Gasteiger partial charge in [-0.3, -0.25) is 9.59 Å². The fraction of sp³-hybridized carbons (Fsp3) is 0.333. The predicted molar refractivity (Wildman–Crippen MR) is 67.7 cm³/mol. The Kier molecular flexibility index (Phi) is 3.58. The second-order valence-electron chi connectivity index (χ2n) is 3.89. The molecule has 90 valence electrons. The quantitative estimate of drug-likeness (QED) is 0.797. The van der Waals surface area contributed by atoms with Gasteiger partial charge in [-0.25, -0.2) is 0 Å². The lowest BCUT2D eigenvalue weighted by atomic mass is 10.3. The van der Waals surface area contributed by atoms with Crippen molar-refractivity contribution in [3.8, 4) is 0 Å². The number of rotatable bonds is 2. The molecule has 2 amide bonds. The molecule has 1 aliphatic heterocycles. The fourth-order valence-electron chi connectivity index (χ4n) is 1.63. The van der Waals surface area contributed by atoms with Crippen LogP contribution < -0.4 is 5.32 Å².